The molecule has 0 aromatic heterocycles. The first-order valence-corrected chi connectivity index (χ1v) is 7.56. The molecule has 0 saturated carbocycles. The molecule has 0 spiro atoms. The van der Waals surface area contributed by atoms with Crippen LogP contribution in [0, 0.1) is 11.3 Å². The first-order valence-electron chi connectivity index (χ1n) is 7.56. The van der Waals surface area contributed by atoms with Crippen molar-refractivity contribution >= 4 is 18.3 Å². The van der Waals surface area contributed by atoms with E-state index in [1.165, 1.54) is 25.7 Å². The van der Waals surface area contributed by atoms with Gasteiger partial charge in [0, 0.05) is 31.6 Å². The predicted octanol–water partition coefficient (Wildman–Crippen LogP) is 2.59. The van der Waals surface area contributed by atoms with Gasteiger partial charge in [0.25, 0.3) is 0 Å². The van der Waals surface area contributed by atoms with Crippen LogP contribution in [0.2, 0.25) is 0 Å². The fourth-order valence-corrected chi connectivity index (χ4v) is 4.04. The van der Waals surface area contributed by atoms with E-state index >= 15 is 0 Å². The van der Waals surface area contributed by atoms with Crippen molar-refractivity contribution in [1.29, 1.82) is 0 Å². The van der Waals surface area contributed by atoms with E-state index in [0.717, 1.165) is 25.9 Å². The largest absolute Gasteiger partial charge is 0.342 e. The Balaban J connectivity index is 0.00000133. The average molecular weight is 287 g/mol. The second kappa shape index (κ2) is 5.61. The van der Waals surface area contributed by atoms with Crippen LogP contribution in [-0.4, -0.2) is 36.0 Å². The van der Waals surface area contributed by atoms with Gasteiger partial charge in [-0.05, 0) is 43.4 Å². The number of hydrogen-bond acceptors (Lipinski definition) is 2. The summed E-state index contributed by atoms with van der Waals surface area (Å²) in [5, 5.41) is 3.65. The number of halogens is 1. The highest BCUT2D eigenvalue weighted by Gasteiger charge is 2.37. The van der Waals surface area contributed by atoms with Crippen molar-refractivity contribution in [2.24, 2.45) is 11.3 Å². The van der Waals surface area contributed by atoms with Gasteiger partial charge in [-0.15, -0.1) is 12.4 Å². The number of rotatable bonds is 2. The summed E-state index contributed by atoms with van der Waals surface area (Å²) in [7, 11) is 0. The molecule has 3 aliphatic rings. The molecule has 4 heteroatoms. The van der Waals surface area contributed by atoms with Crippen molar-refractivity contribution in [3.05, 3.63) is 0 Å². The van der Waals surface area contributed by atoms with Gasteiger partial charge in [-0.2, -0.15) is 0 Å². The predicted molar refractivity (Wildman–Crippen MR) is 79.5 cm³/mol. The monoisotopic (exact) mass is 286 g/mol. The van der Waals surface area contributed by atoms with Crippen molar-refractivity contribution < 1.29 is 4.79 Å². The van der Waals surface area contributed by atoms with Crippen molar-refractivity contribution in [2.75, 3.05) is 13.1 Å². The Bertz CT molecular complexity index is 333. The topological polar surface area (TPSA) is 32.3 Å². The van der Waals surface area contributed by atoms with Crippen LogP contribution in [0.4, 0.5) is 0 Å². The molecule has 3 saturated heterocycles. The van der Waals surface area contributed by atoms with Crippen LogP contribution in [-0.2, 0) is 4.79 Å². The van der Waals surface area contributed by atoms with Gasteiger partial charge >= 0.3 is 0 Å². The Morgan fingerprint density at radius 3 is 2.42 bits per heavy atom. The fourth-order valence-electron chi connectivity index (χ4n) is 4.04. The van der Waals surface area contributed by atoms with E-state index in [2.05, 4.69) is 24.1 Å². The highest BCUT2D eigenvalue weighted by atomic mass is 35.5. The number of hydrogen-bond donors (Lipinski definition) is 1. The van der Waals surface area contributed by atoms with Crippen LogP contribution in [0.3, 0.4) is 0 Å². The average Bonchev–Trinajstić information content (AvgIpc) is 2.82. The van der Waals surface area contributed by atoms with E-state index in [1.807, 2.05) is 0 Å². The Morgan fingerprint density at radius 2 is 1.89 bits per heavy atom. The SMILES string of the molecule is CC1(C)CCN(C(=O)CC2CC3CCC(C2)N3)C1.Cl. The lowest BCUT2D eigenvalue weighted by Gasteiger charge is -2.30. The summed E-state index contributed by atoms with van der Waals surface area (Å²) in [5.74, 6) is 1.05. The van der Waals surface area contributed by atoms with E-state index < -0.39 is 0 Å². The van der Waals surface area contributed by atoms with E-state index in [-0.39, 0.29) is 12.4 Å². The molecule has 2 unspecified atom stereocenters. The van der Waals surface area contributed by atoms with Crippen LogP contribution in [0.5, 0.6) is 0 Å². The zero-order valence-electron chi connectivity index (χ0n) is 12.2. The zero-order chi connectivity index (χ0) is 12.8. The molecule has 110 valence electrons. The van der Waals surface area contributed by atoms with Gasteiger partial charge in [-0.25, -0.2) is 0 Å². The van der Waals surface area contributed by atoms with Crippen LogP contribution >= 0.6 is 12.4 Å². The van der Waals surface area contributed by atoms with E-state index in [1.54, 1.807) is 0 Å². The highest BCUT2D eigenvalue weighted by molar-refractivity contribution is 5.85. The van der Waals surface area contributed by atoms with Gasteiger partial charge in [0.05, 0.1) is 0 Å². The maximum atomic E-state index is 12.3. The fraction of sp³-hybridized carbons (Fsp3) is 0.933. The summed E-state index contributed by atoms with van der Waals surface area (Å²) in [4.78, 5) is 14.4. The number of carbonyl (C=O) groups excluding carboxylic acids is 1. The Hall–Kier alpha value is -0.280. The number of nitrogens with one attached hydrogen (secondary N) is 1. The molecule has 2 bridgehead atoms. The second-order valence-corrected chi connectivity index (χ2v) is 7.41. The molecular weight excluding hydrogens is 260 g/mol. The molecule has 0 aliphatic carbocycles. The van der Waals surface area contributed by atoms with E-state index in [9.17, 15) is 4.79 Å². The molecule has 3 aliphatic heterocycles. The summed E-state index contributed by atoms with van der Waals surface area (Å²) >= 11 is 0. The highest BCUT2D eigenvalue weighted by Crippen LogP contribution is 2.34. The third-order valence-electron chi connectivity index (χ3n) is 5.06. The molecule has 3 rings (SSSR count). The van der Waals surface area contributed by atoms with Crippen LogP contribution < -0.4 is 5.32 Å². The summed E-state index contributed by atoms with van der Waals surface area (Å²) in [6.07, 6.45) is 7.05. The lowest BCUT2D eigenvalue weighted by molar-refractivity contribution is -0.131. The number of piperidine rings is 1. The van der Waals surface area contributed by atoms with Crippen molar-refractivity contribution in [3.8, 4) is 0 Å². The Labute approximate surface area is 122 Å². The molecule has 0 aromatic rings. The maximum absolute atomic E-state index is 12.3. The van der Waals surface area contributed by atoms with Crippen molar-refractivity contribution in [2.45, 2.75) is 64.5 Å². The molecular formula is C15H27ClN2O. The molecule has 19 heavy (non-hydrogen) atoms. The van der Waals surface area contributed by atoms with Crippen LogP contribution in [0.15, 0.2) is 0 Å². The minimum absolute atomic E-state index is 0. The van der Waals surface area contributed by atoms with Crippen LogP contribution in [0.25, 0.3) is 0 Å². The third-order valence-corrected chi connectivity index (χ3v) is 5.06. The van der Waals surface area contributed by atoms with Gasteiger partial charge in [-0.3, -0.25) is 4.79 Å². The summed E-state index contributed by atoms with van der Waals surface area (Å²) < 4.78 is 0. The normalized spacial score (nSPS) is 36.1. The molecule has 1 amide bonds. The van der Waals surface area contributed by atoms with Gasteiger partial charge in [0.2, 0.25) is 5.91 Å². The summed E-state index contributed by atoms with van der Waals surface area (Å²) in [5.41, 5.74) is 0.336. The van der Waals surface area contributed by atoms with Gasteiger partial charge in [0.15, 0.2) is 0 Å². The summed E-state index contributed by atoms with van der Waals surface area (Å²) in [6.45, 7) is 6.48. The van der Waals surface area contributed by atoms with E-state index in [0.29, 0.717) is 29.3 Å². The molecule has 0 aromatic carbocycles. The minimum atomic E-state index is 0. The molecule has 3 nitrogen and oxygen atoms in total. The number of fused-ring (bicyclic) bond motifs is 2. The van der Waals surface area contributed by atoms with Crippen molar-refractivity contribution in [3.63, 3.8) is 0 Å². The van der Waals surface area contributed by atoms with Gasteiger partial charge in [0.1, 0.15) is 0 Å². The maximum Gasteiger partial charge on any atom is 0.222 e. The molecule has 3 fully saturated rings. The number of carbonyl (C=O) groups is 1. The zero-order valence-corrected chi connectivity index (χ0v) is 13.0. The quantitative estimate of drug-likeness (QED) is 0.846. The molecule has 2 atom stereocenters. The lowest BCUT2D eigenvalue weighted by Crippen LogP contribution is -2.40. The molecule has 0 radical (unpaired) electrons. The van der Waals surface area contributed by atoms with E-state index in [4.69, 9.17) is 0 Å². The number of amides is 1. The first-order chi connectivity index (χ1) is 8.52. The third kappa shape index (κ3) is 3.43. The number of likely N-dealkylation sites (tertiary alicyclic amines) is 1. The standard InChI is InChI=1S/C15H26N2O.ClH/c1-15(2)5-6-17(10-15)14(18)9-11-7-12-3-4-13(8-11)16-12;/h11-13,16H,3-10H2,1-2H3;1H. The second-order valence-electron chi connectivity index (χ2n) is 7.41. The van der Waals surface area contributed by atoms with Gasteiger partial charge in [-0.1, -0.05) is 13.8 Å². The van der Waals surface area contributed by atoms with Gasteiger partial charge < -0.3 is 10.2 Å². The lowest BCUT2D eigenvalue weighted by atomic mass is 9.89. The minimum Gasteiger partial charge on any atom is -0.342 e. The molecule has 3 heterocycles. The summed E-state index contributed by atoms with van der Waals surface area (Å²) in [6, 6.07) is 1.41. The van der Waals surface area contributed by atoms with Crippen LogP contribution in [0.1, 0.15) is 52.4 Å². The smallest absolute Gasteiger partial charge is 0.222 e. The number of nitrogens with zero attached hydrogens (tertiary/aromatic N) is 1. The first kappa shape index (κ1) is 15.1. The molecule has 1 N–H and O–H groups in total. The Kier molecular flexibility index (Phi) is 4.46. The Morgan fingerprint density at radius 1 is 1.26 bits per heavy atom. The van der Waals surface area contributed by atoms with Crippen molar-refractivity contribution in [1.82, 2.24) is 10.2 Å².